The third-order valence-electron chi connectivity index (χ3n) is 4.61. The van der Waals surface area contributed by atoms with Gasteiger partial charge in [0.15, 0.2) is 5.65 Å². The molecule has 0 saturated carbocycles. The highest BCUT2D eigenvalue weighted by Crippen LogP contribution is 2.20. The van der Waals surface area contributed by atoms with Crippen molar-refractivity contribution in [1.29, 1.82) is 0 Å². The molecule has 0 spiro atoms. The molecule has 3 heterocycles. The fraction of sp³-hybridized carbons (Fsp3) is 0.400. The Balaban J connectivity index is 1.83. The van der Waals surface area contributed by atoms with E-state index >= 15 is 0 Å². The molecule has 0 aromatic carbocycles. The summed E-state index contributed by atoms with van der Waals surface area (Å²) in [5.74, 6) is -0.504. The first-order chi connectivity index (χ1) is 13.4. The molecule has 28 heavy (non-hydrogen) atoms. The lowest BCUT2D eigenvalue weighted by Crippen LogP contribution is -2.47. The lowest BCUT2D eigenvalue weighted by molar-refractivity contribution is -0.123. The van der Waals surface area contributed by atoms with Gasteiger partial charge in [-0.1, -0.05) is 13.0 Å². The highest BCUT2D eigenvalue weighted by Gasteiger charge is 2.21. The molecule has 0 aliphatic rings. The zero-order valence-electron chi connectivity index (χ0n) is 16.5. The van der Waals surface area contributed by atoms with E-state index in [2.05, 4.69) is 20.7 Å². The summed E-state index contributed by atoms with van der Waals surface area (Å²) < 4.78 is 1.80. The van der Waals surface area contributed by atoms with Gasteiger partial charge >= 0.3 is 0 Å². The highest BCUT2D eigenvalue weighted by molar-refractivity contribution is 7.09. The molecule has 2 unspecified atom stereocenters. The van der Waals surface area contributed by atoms with Crippen molar-refractivity contribution in [1.82, 2.24) is 25.4 Å². The van der Waals surface area contributed by atoms with E-state index in [0.29, 0.717) is 23.1 Å². The van der Waals surface area contributed by atoms with Crippen LogP contribution in [0.15, 0.2) is 29.8 Å². The van der Waals surface area contributed by atoms with Gasteiger partial charge in [-0.25, -0.2) is 9.67 Å². The minimum Gasteiger partial charge on any atom is -0.352 e. The first-order valence-corrected chi connectivity index (χ1v) is 10.2. The Hall–Kier alpha value is -2.74. The van der Waals surface area contributed by atoms with Gasteiger partial charge in [0.25, 0.3) is 5.91 Å². The molecular formula is C20H25N5O2S. The second-order valence-corrected chi connectivity index (χ2v) is 7.98. The fourth-order valence-electron chi connectivity index (χ4n) is 2.84. The van der Waals surface area contributed by atoms with Crippen LogP contribution in [-0.4, -0.2) is 38.7 Å². The highest BCUT2D eigenvalue weighted by atomic mass is 32.1. The van der Waals surface area contributed by atoms with Crippen molar-refractivity contribution in [3.8, 4) is 0 Å². The van der Waals surface area contributed by atoms with Crippen molar-refractivity contribution in [2.24, 2.45) is 0 Å². The Morgan fingerprint density at radius 3 is 2.75 bits per heavy atom. The first-order valence-electron chi connectivity index (χ1n) is 9.35. The van der Waals surface area contributed by atoms with Crippen LogP contribution in [0.2, 0.25) is 0 Å². The van der Waals surface area contributed by atoms with E-state index in [4.69, 9.17) is 0 Å². The molecule has 0 fully saturated rings. The number of nitrogens with zero attached hydrogens (tertiary/aromatic N) is 3. The molecule has 8 heteroatoms. The molecule has 148 valence electrons. The molecule has 0 aliphatic heterocycles. The van der Waals surface area contributed by atoms with Gasteiger partial charge in [0.05, 0.1) is 23.7 Å². The molecule has 0 saturated heterocycles. The Morgan fingerprint density at radius 1 is 1.29 bits per heavy atom. The van der Waals surface area contributed by atoms with Crippen LogP contribution in [0.25, 0.3) is 11.0 Å². The summed E-state index contributed by atoms with van der Waals surface area (Å²) in [6, 6.07) is 5.20. The monoisotopic (exact) mass is 399 g/mol. The number of aromatic nitrogens is 3. The number of hydrogen-bond acceptors (Lipinski definition) is 5. The minimum absolute atomic E-state index is 0.0669. The number of aryl methyl sites for hydroxylation is 1. The Bertz CT molecular complexity index is 980. The summed E-state index contributed by atoms with van der Waals surface area (Å²) in [6.07, 6.45) is 2.49. The third kappa shape index (κ3) is 4.39. The van der Waals surface area contributed by atoms with Gasteiger partial charge in [0.2, 0.25) is 5.91 Å². The van der Waals surface area contributed by atoms with E-state index in [-0.39, 0.29) is 17.9 Å². The van der Waals surface area contributed by atoms with Crippen LogP contribution in [0.1, 0.15) is 48.1 Å². The normalized spacial score (nSPS) is 13.3. The number of thiophene rings is 1. The van der Waals surface area contributed by atoms with E-state index in [9.17, 15) is 9.59 Å². The molecule has 0 radical (unpaired) electrons. The quantitative estimate of drug-likeness (QED) is 0.639. The van der Waals surface area contributed by atoms with E-state index in [0.717, 1.165) is 17.0 Å². The average molecular weight is 400 g/mol. The minimum atomic E-state index is -0.633. The molecule has 3 rings (SSSR count). The van der Waals surface area contributed by atoms with Crippen molar-refractivity contribution in [3.63, 3.8) is 0 Å². The van der Waals surface area contributed by atoms with E-state index in [1.807, 2.05) is 38.3 Å². The van der Waals surface area contributed by atoms with Gasteiger partial charge < -0.3 is 10.6 Å². The van der Waals surface area contributed by atoms with Gasteiger partial charge in [-0.05, 0) is 44.7 Å². The zero-order valence-corrected chi connectivity index (χ0v) is 17.3. The number of hydrogen-bond donors (Lipinski definition) is 2. The number of amides is 2. The maximum atomic E-state index is 12.9. The van der Waals surface area contributed by atoms with Gasteiger partial charge in [-0.3, -0.25) is 9.59 Å². The molecule has 2 atom stereocenters. The Morgan fingerprint density at radius 2 is 2.07 bits per heavy atom. The van der Waals surface area contributed by atoms with Gasteiger partial charge in [0, 0.05) is 16.6 Å². The Kier molecular flexibility index (Phi) is 6.08. The second-order valence-electron chi connectivity index (χ2n) is 6.94. The van der Waals surface area contributed by atoms with E-state index in [1.54, 1.807) is 35.2 Å². The second kappa shape index (κ2) is 8.52. The molecular weight excluding hydrogens is 374 g/mol. The predicted molar refractivity (Wildman–Crippen MR) is 111 cm³/mol. The molecule has 2 N–H and O–H groups in total. The van der Waals surface area contributed by atoms with Crippen LogP contribution in [-0.2, 0) is 11.3 Å². The number of carbonyl (C=O) groups is 2. The smallest absolute Gasteiger partial charge is 0.252 e. The molecule has 3 aromatic heterocycles. The van der Waals surface area contributed by atoms with Crippen LogP contribution in [0.4, 0.5) is 0 Å². The summed E-state index contributed by atoms with van der Waals surface area (Å²) in [6.45, 7) is 8.06. The van der Waals surface area contributed by atoms with Gasteiger partial charge in [-0.15, -0.1) is 11.3 Å². The van der Waals surface area contributed by atoms with Crippen molar-refractivity contribution in [2.45, 2.75) is 52.7 Å². The molecule has 2 amide bonds. The van der Waals surface area contributed by atoms with Crippen molar-refractivity contribution < 1.29 is 9.59 Å². The Labute approximate surface area is 168 Å². The standard InChI is InChI=1S/C20H25N5O2S/c1-5-12(2)23-19(26)14(4)24-20(27)16-9-13(3)22-18-17(16)10-21-25(18)11-15-7-6-8-28-15/h6-10,12,14H,5,11H2,1-4H3,(H,23,26)(H,24,27). The topological polar surface area (TPSA) is 88.9 Å². The molecule has 3 aromatic rings. The first kappa shape index (κ1) is 20.0. The van der Waals surface area contributed by atoms with Crippen molar-refractivity contribution >= 4 is 34.2 Å². The summed E-state index contributed by atoms with van der Waals surface area (Å²) >= 11 is 1.65. The number of fused-ring (bicyclic) bond motifs is 1. The van der Waals surface area contributed by atoms with Gasteiger partial charge in [0.1, 0.15) is 6.04 Å². The summed E-state index contributed by atoms with van der Waals surface area (Å²) in [5.41, 5.74) is 1.86. The van der Waals surface area contributed by atoms with Crippen molar-refractivity contribution in [2.75, 3.05) is 0 Å². The predicted octanol–water partition coefficient (Wildman–Crippen LogP) is 2.88. The summed E-state index contributed by atoms with van der Waals surface area (Å²) in [5, 5.41) is 12.8. The lowest BCUT2D eigenvalue weighted by atomic mass is 10.1. The number of rotatable bonds is 7. The van der Waals surface area contributed by atoms with Gasteiger partial charge in [-0.2, -0.15) is 5.10 Å². The summed E-state index contributed by atoms with van der Waals surface area (Å²) in [7, 11) is 0. The maximum absolute atomic E-state index is 12.9. The lowest BCUT2D eigenvalue weighted by Gasteiger charge is -2.17. The van der Waals surface area contributed by atoms with Crippen LogP contribution >= 0.6 is 11.3 Å². The maximum Gasteiger partial charge on any atom is 0.252 e. The molecule has 7 nitrogen and oxygen atoms in total. The fourth-order valence-corrected chi connectivity index (χ4v) is 3.52. The zero-order chi connectivity index (χ0) is 20.3. The largest absolute Gasteiger partial charge is 0.352 e. The van der Waals surface area contributed by atoms with Crippen LogP contribution in [0, 0.1) is 6.92 Å². The molecule has 0 bridgehead atoms. The SMILES string of the molecule is CCC(C)NC(=O)C(C)NC(=O)c1cc(C)nc2c1cnn2Cc1cccs1. The third-order valence-corrected chi connectivity index (χ3v) is 5.47. The number of nitrogens with one attached hydrogen (secondary N) is 2. The molecule has 0 aliphatic carbocycles. The van der Waals surface area contributed by atoms with Crippen LogP contribution in [0.5, 0.6) is 0 Å². The average Bonchev–Trinajstić information content (AvgIpc) is 3.31. The van der Waals surface area contributed by atoms with Crippen LogP contribution in [0.3, 0.4) is 0 Å². The number of pyridine rings is 1. The van der Waals surface area contributed by atoms with Crippen LogP contribution < -0.4 is 10.6 Å². The van der Waals surface area contributed by atoms with Crippen molar-refractivity contribution in [3.05, 3.63) is 45.9 Å². The van der Waals surface area contributed by atoms with E-state index < -0.39 is 6.04 Å². The number of carbonyl (C=O) groups excluding carboxylic acids is 2. The summed E-state index contributed by atoms with van der Waals surface area (Å²) in [4.78, 5) is 30.8. The van der Waals surface area contributed by atoms with E-state index in [1.165, 1.54) is 0 Å².